The van der Waals surface area contributed by atoms with Crippen LogP contribution >= 0.6 is 11.6 Å². The monoisotopic (exact) mass is 269 g/mol. The van der Waals surface area contributed by atoms with Crippen molar-refractivity contribution in [2.45, 2.75) is 13.0 Å². The highest BCUT2D eigenvalue weighted by Gasteiger charge is 2.24. The van der Waals surface area contributed by atoms with Gasteiger partial charge in [-0.2, -0.15) is 0 Å². The number of aliphatic hydroxyl groups excluding tert-OH is 1. The second-order valence-corrected chi connectivity index (χ2v) is 4.70. The Morgan fingerprint density at radius 1 is 1.44 bits per heavy atom. The number of aromatic nitrogens is 1. The summed E-state index contributed by atoms with van der Waals surface area (Å²) < 4.78 is 0. The maximum absolute atomic E-state index is 11.6. The number of piperazine rings is 1. The Kier molecular flexibility index (Phi) is 4.04. The first-order chi connectivity index (χ1) is 8.59. The smallest absolute Gasteiger partial charge is 0.251 e. The molecule has 2 heterocycles. The molecule has 1 atom stereocenters. The number of carbonyl (C=O) groups is 1. The van der Waals surface area contributed by atoms with Crippen molar-refractivity contribution < 1.29 is 9.90 Å². The van der Waals surface area contributed by atoms with Crippen LogP contribution in [0.3, 0.4) is 0 Å². The highest BCUT2D eigenvalue weighted by atomic mass is 35.5. The number of nitrogens with zero attached hydrogens (tertiary/aromatic N) is 3. The summed E-state index contributed by atoms with van der Waals surface area (Å²) in [7, 11) is 0. The molecule has 1 amide bonds. The second-order valence-electron chi connectivity index (χ2n) is 4.30. The lowest BCUT2D eigenvalue weighted by atomic mass is 10.2. The van der Waals surface area contributed by atoms with Gasteiger partial charge in [0, 0.05) is 32.4 Å². The van der Waals surface area contributed by atoms with Crippen LogP contribution in [0.5, 0.6) is 0 Å². The fraction of sp³-hybridized carbons (Fsp3) is 0.500. The van der Waals surface area contributed by atoms with Crippen molar-refractivity contribution in [3.63, 3.8) is 0 Å². The highest BCUT2D eigenvalue weighted by molar-refractivity contribution is 6.32. The molecule has 98 valence electrons. The minimum Gasteiger partial charge on any atom is -0.384 e. The van der Waals surface area contributed by atoms with E-state index in [2.05, 4.69) is 4.98 Å². The van der Waals surface area contributed by atoms with Gasteiger partial charge in [-0.3, -0.25) is 4.79 Å². The summed E-state index contributed by atoms with van der Waals surface area (Å²) in [5.74, 6) is 0.532. The van der Waals surface area contributed by atoms with Gasteiger partial charge < -0.3 is 14.9 Å². The molecule has 1 fully saturated rings. The highest BCUT2D eigenvalue weighted by Crippen LogP contribution is 2.23. The molecule has 1 saturated heterocycles. The lowest BCUT2D eigenvalue weighted by Crippen LogP contribution is -2.51. The molecule has 1 N–H and O–H groups in total. The van der Waals surface area contributed by atoms with Gasteiger partial charge in [-0.05, 0) is 19.1 Å². The van der Waals surface area contributed by atoms with E-state index < -0.39 is 6.10 Å². The Balaban J connectivity index is 1.99. The van der Waals surface area contributed by atoms with Gasteiger partial charge in [0.1, 0.15) is 11.9 Å². The minimum absolute atomic E-state index is 0.221. The molecule has 0 aromatic carbocycles. The molecular weight excluding hydrogens is 254 g/mol. The lowest BCUT2D eigenvalue weighted by molar-refractivity contribution is -0.139. The van der Waals surface area contributed by atoms with Gasteiger partial charge in [0.2, 0.25) is 0 Å². The van der Waals surface area contributed by atoms with Crippen molar-refractivity contribution in [2.24, 2.45) is 0 Å². The number of carbonyl (C=O) groups excluding carboxylic acids is 1. The summed E-state index contributed by atoms with van der Waals surface area (Å²) in [5.41, 5.74) is 0. The summed E-state index contributed by atoms with van der Waals surface area (Å²) in [4.78, 5) is 19.6. The Labute approximate surface area is 111 Å². The van der Waals surface area contributed by atoms with Crippen molar-refractivity contribution in [3.8, 4) is 0 Å². The predicted octanol–water partition coefficient (Wildman–Crippen LogP) is 0.764. The first kappa shape index (κ1) is 13.1. The molecule has 18 heavy (non-hydrogen) atoms. The van der Waals surface area contributed by atoms with Crippen molar-refractivity contribution >= 4 is 23.3 Å². The number of anilines is 1. The van der Waals surface area contributed by atoms with Crippen LogP contribution in [-0.2, 0) is 4.79 Å². The van der Waals surface area contributed by atoms with E-state index >= 15 is 0 Å². The SMILES string of the molecule is CC(O)C(=O)N1CCN(c2ncccc2Cl)CC1. The quantitative estimate of drug-likeness (QED) is 0.861. The average Bonchev–Trinajstić information content (AvgIpc) is 2.38. The molecule has 0 spiro atoms. The van der Waals surface area contributed by atoms with Gasteiger partial charge in [-0.25, -0.2) is 4.98 Å². The van der Waals surface area contributed by atoms with Crippen molar-refractivity contribution in [3.05, 3.63) is 23.4 Å². The van der Waals surface area contributed by atoms with Crippen LogP contribution in [0.1, 0.15) is 6.92 Å². The normalized spacial score (nSPS) is 17.7. The number of halogens is 1. The maximum atomic E-state index is 11.6. The van der Waals surface area contributed by atoms with E-state index in [0.717, 1.165) is 5.82 Å². The fourth-order valence-corrected chi connectivity index (χ4v) is 2.25. The van der Waals surface area contributed by atoms with E-state index in [1.807, 2.05) is 4.90 Å². The third-order valence-electron chi connectivity index (χ3n) is 2.99. The molecule has 1 aliphatic rings. The number of hydrogen-bond donors (Lipinski definition) is 1. The molecule has 0 radical (unpaired) electrons. The van der Waals surface area contributed by atoms with E-state index in [4.69, 9.17) is 11.6 Å². The molecule has 1 aromatic heterocycles. The molecule has 1 aromatic rings. The number of rotatable bonds is 2. The van der Waals surface area contributed by atoms with Gasteiger partial charge in [0.15, 0.2) is 0 Å². The topological polar surface area (TPSA) is 56.7 Å². The van der Waals surface area contributed by atoms with E-state index in [1.165, 1.54) is 6.92 Å². The number of pyridine rings is 1. The Bertz CT molecular complexity index is 431. The molecule has 0 aliphatic carbocycles. The number of hydrogen-bond acceptors (Lipinski definition) is 4. The largest absolute Gasteiger partial charge is 0.384 e. The van der Waals surface area contributed by atoms with Crippen LogP contribution in [0.15, 0.2) is 18.3 Å². The predicted molar refractivity (Wildman–Crippen MR) is 69.7 cm³/mol. The molecule has 1 unspecified atom stereocenters. The molecule has 5 nitrogen and oxygen atoms in total. The molecule has 1 aliphatic heterocycles. The number of amides is 1. The average molecular weight is 270 g/mol. The molecule has 0 saturated carbocycles. The summed E-state index contributed by atoms with van der Waals surface area (Å²) in [6, 6.07) is 3.59. The third kappa shape index (κ3) is 2.73. The first-order valence-corrected chi connectivity index (χ1v) is 6.29. The summed E-state index contributed by atoms with van der Waals surface area (Å²) in [6.45, 7) is 4.00. The summed E-state index contributed by atoms with van der Waals surface area (Å²) in [5, 5.41) is 9.88. The van der Waals surface area contributed by atoms with Crippen LogP contribution in [0.25, 0.3) is 0 Å². The molecule has 2 rings (SSSR count). The van der Waals surface area contributed by atoms with Gasteiger partial charge in [0.25, 0.3) is 5.91 Å². The lowest BCUT2D eigenvalue weighted by Gasteiger charge is -2.36. The van der Waals surface area contributed by atoms with Crippen LogP contribution < -0.4 is 4.90 Å². The molecular formula is C12H16ClN3O2. The zero-order valence-corrected chi connectivity index (χ0v) is 11.0. The van der Waals surface area contributed by atoms with Crippen LogP contribution in [0.4, 0.5) is 5.82 Å². The van der Waals surface area contributed by atoms with E-state index in [1.54, 1.807) is 23.2 Å². The maximum Gasteiger partial charge on any atom is 0.251 e. The number of aliphatic hydroxyl groups is 1. The van der Waals surface area contributed by atoms with Crippen LogP contribution in [-0.4, -0.2) is 53.2 Å². The van der Waals surface area contributed by atoms with Gasteiger partial charge >= 0.3 is 0 Å². The van der Waals surface area contributed by atoms with Gasteiger partial charge in [0.05, 0.1) is 5.02 Å². The van der Waals surface area contributed by atoms with Crippen molar-refractivity contribution in [1.82, 2.24) is 9.88 Å². The fourth-order valence-electron chi connectivity index (χ4n) is 2.01. The first-order valence-electron chi connectivity index (χ1n) is 5.92. The van der Waals surface area contributed by atoms with Gasteiger partial charge in [-0.15, -0.1) is 0 Å². The van der Waals surface area contributed by atoms with E-state index in [-0.39, 0.29) is 5.91 Å². The Hall–Kier alpha value is -1.33. The minimum atomic E-state index is -0.935. The van der Waals surface area contributed by atoms with E-state index in [9.17, 15) is 9.90 Å². The Morgan fingerprint density at radius 2 is 2.11 bits per heavy atom. The third-order valence-corrected chi connectivity index (χ3v) is 3.28. The zero-order chi connectivity index (χ0) is 13.1. The van der Waals surface area contributed by atoms with Crippen molar-refractivity contribution in [2.75, 3.05) is 31.1 Å². The van der Waals surface area contributed by atoms with E-state index in [0.29, 0.717) is 31.2 Å². The second kappa shape index (κ2) is 5.54. The van der Waals surface area contributed by atoms with Crippen molar-refractivity contribution in [1.29, 1.82) is 0 Å². The molecule has 6 heteroatoms. The van der Waals surface area contributed by atoms with Crippen LogP contribution in [0.2, 0.25) is 5.02 Å². The van der Waals surface area contributed by atoms with Crippen LogP contribution in [0, 0.1) is 0 Å². The molecule has 0 bridgehead atoms. The Morgan fingerprint density at radius 3 is 2.67 bits per heavy atom. The summed E-state index contributed by atoms with van der Waals surface area (Å²) in [6.07, 6.45) is 0.768. The zero-order valence-electron chi connectivity index (χ0n) is 10.2. The standard InChI is InChI=1S/C12H16ClN3O2/c1-9(17)12(18)16-7-5-15(6-8-16)11-10(13)3-2-4-14-11/h2-4,9,17H,5-8H2,1H3. The summed E-state index contributed by atoms with van der Waals surface area (Å²) >= 11 is 6.08. The van der Waals surface area contributed by atoms with Gasteiger partial charge in [-0.1, -0.05) is 11.6 Å².